The summed E-state index contributed by atoms with van der Waals surface area (Å²) < 4.78 is 0. The lowest BCUT2D eigenvalue weighted by Crippen LogP contribution is -2.27. The minimum atomic E-state index is -0.0926. The summed E-state index contributed by atoms with van der Waals surface area (Å²) in [5, 5.41) is 9.38. The maximum absolute atomic E-state index is 9.38. The fourth-order valence-electron chi connectivity index (χ4n) is 2.03. The Hall–Kier alpha value is -0.0400. The van der Waals surface area contributed by atoms with Crippen LogP contribution in [-0.2, 0) is 0 Å². The van der Waals surface area contributed by atoms with Gasteiger partial charge in [0.2, 0.25) is 0 Å². The zero-order chi connectivity index (χ0) is 8.43. The topological polar surface area (TPSA) is 20.2 Å². The summed E-state index contributed by atoms with van der Waals surface area (Å²) in [6.45, 7) is 6.55. The molecule has 0 aromatic rings. The summed E-state index contributed by atoms with van der Waals surface area (Å²) in [4.78, 5) is 0. The molecule has 1 aliphatic rings. The molecule has 0 spiro atoms. The minimum absolute atomic E-state index is 0.0926. The van der Waals surface area contributed by atoms with E-state index >= 15 is 0 Å². The Morgan fingerprint density at radius 2 is 1.82 bits per heavy atom. The first kappa shape index (κ1) is 9.05. The number of aliphatic hydroxyl groups is 1. The second-order valence-electron chi connectivity index (χ2n) is 4.27. The van der Waals surface area contributed by atoms with E-state index in [1.165, 1.54) is 19.3 Å². The molecule has 1 rings (SSSR count). The van der Waals surface area contributed by atoms with Crippen molar-refractivity contribution in [1.29, 1.82) is 0 Å². The molecule has 1 N–H and O–H groups in total. The molecular weight excluding hydrogens is 136 g/mol. The summed E-state index contributed by atoms with van der Waals surface area (Å²) >= 11 is 0. The lowest BCUT2D eigenvalue weighted by atomic mass is 9.74. The molecule has 4 atom stereocenters. The number of aliphatic hydroxyl groups excluding tert-OH is 1. The van der Waals surface area contributed by atoms with Crippen molar-refractivity contribution >= 4 is 0 Å². The summed E-state index contributed by atoms with van der Waals surface area (Å²) in [5.41, 5.74) is 0. The van der Waals surface area contributed by atoms with Crippen LogP contribution < -0.4 is 0 Å². The molecule has 1 aliphatic carbocycles. The molecule has 0 aromatic carbocycles. The monoisotopic (exact) mass is 156 g/mol. The van der Waals surface area contributed by atoms with E-state index in [-0.39, 0.29) is 6.10 Å². The van der Waals surface area contributed by atoms with Gasteiger partial charge in [0, 0.05) is 0 Å². The van der Waals surface area contributed by atoms with Gasteiger partial charge in [-0.15, -0.1) is 0 Å². The van der Waals surface area contributed by atoms with E-state index in [9.17, 15) is 5.11 Å². The molecule has 0 saturated heterocycles. The molecule has 11 heavy (non-hydrogen) atoms. The van der Waals surface area contributed by atoms with Gasteiger partial charge in [0.25, 0.3) is 0 Å². The lowest BCUT2D eigenvalue weighted by molar-refractivity contribution is 0.0698. The Labute approximate surface area is 69.8 Å². The molecule has 0 aromatic heterocycles. The highest BCUT2D eigenvalue weighted by Gasteiger charge is 2.26. The maximum atomic E-state index is 9.38. The van der Waals surface area contributed by atoms with Crippen LogP contribution in [0.3, 0.4) is 0 Å². The van der Waals surface area contributed by atoms with E-state index in [1.807, 2.05) is 6.92 Å². The van der Waals surface area contributed by atoms with Crippen molar-refractivity contribution in [3.8, 4) is 0 Å². The Bertz CT molecular complexity index is 120. The van der Waals surface area contributed by atoms with Crippen molar-refractivity contribution in [3.05, 3.63) is 0 Å². The number of hydrogen-bond donors (Lipinski definition) is 1. The molecule has 0 bridgehead atoms. The minimum Gasteiger partial charge on any atom is -0.393 e. The van der Waals surface area contributed by atoms with Gasteiger partial charge in [0.15, 0.2) is 0 Å². The summed E-state index contributed by atoms with van der Waals surface area (Å²) in [6, 6.07) is 0. The molecule has 1 heteroatoms. The molecule has 0 heterocycles. The standard InChI is InChI=1S/C10H20O/c1-7-4-5-10(9(3)11)6-8(7)2/h7-11H,4-6H2,1-3H3. The first-order valence-corrected chi connectivity index (χ1v) is 4.79. The van der Waals surface area contributed by atoms with Crippen LogP contribution in [0.5, 0.6) is 0 Å². The molecular formula is C10H20O. The van der Waals surface area contributed by atoms with Crippen molar-refractivity contribution in [1.82, 2.24) is 0 Å². The molecule has 1 fully saturated rings. The largest absolute Gasteiger partial charge is 0.393 e. The van der Waals surface area contributed by atoms with Gasteiger partial charge in [0.05, 0.1) is 6.10 Å². The van der Waals surface area contributed by atoms with Crippen molar-refractivity contribution in [2.75, 3.05) is 0 Å². The quantitative estimate of drug-likeness (QED) is 0.618. The Morgan fingerprint density at radius 1 is 1.18 bits per heavy atom. The molecule has 66 valence electrons. The van der Waals surface area contributed by atoms with Crippen molar-refractivity contribution in [2.24, 2.45) is 17.8 Å². The molecule has 1 saturated carbocycles. The molecule has 0 radical (unpaired) electrons. The van der Waals surface area contributed by atoms with Crippen molar-refractivity contribution in [2.45, 2.75) is 46.1 Å². The van der Waals surface area contributed by atoms with Crippen molar-refractivity contribution < 1.29 is 5.11 Å². The van der Waals surface area contributed by atoms with Crippen LogP contribution >= 0.6 is 0 Å². The third kappa shape index (κ3) is 2.19. The van der Waals surface area contributed by atoms with E-state index in [0.29, 0.717) is 5.92 Å². The maximum Gasteiger partial charge on any atom is 0.0540 e. The smallest absolute Gasteiger partial charge is 0.0540 e. The second kappa shape index (κ2) is 3.57. The first-order chi connectivity index (χ1) is 5.11. The van der Waals surface area contributed by atoms with Gasteiger partial charge < -0.3 is 5.11 Å². The van der Waals surface area contributed by atoms with Gasteiger partial charge >= 0.3 is 0 Å². The fraction of sp³-hybridized carbons (Fsp3) is 1.00. The Morgan fingerprint density at radius 3 is 2.27 bits per heavy atom. The average Bonchev–Trinajstić information content (AvgIpc) is 1.94. The normalized spacial score (nSPS) is 42.0. The van der Waals surface area contributed by atoms with Crippen LogP contribution in [0.4, 0.5) is 0 Å². The highest BCUT2D eigenvalue weighted by atomic mass is 16.3. The lowest BCUT2D eigenvalue weighted by Gasteiger charge is -2.33. The highest BCUT2D eigenvalue weighted by Crippen LogP contribution is 2.34. The average molecular weight is 156 g/mol. The SMILES string of the molecule is CC(O)C1CCC(C)C(C)C1. The van der Waals surface area contributed by atoms with Crippen LogP contribution in [0, 0.1) is 17.8 Å². The van der Waals surface area contributed by atoms with E-state index < -0.39 is 0 Å². The third-order valence-corrected chi connectivity index (χ3v) is 3.32. The Kier molecular flexibility index (Phi) is 2.94. The predicted molar refractivity (Wildman–Crippen MR) is 47.3 cm³/mol. The third-order valence-electron chi connectivity index (χ3n) is 3.32. The Balaban J connectivity index is 2.40. The number of rotatable bonds is 1. The van der Waals surface area contributed by atoms with E-state index in [2.05, 4.69) is 13.8 Å². The second-order valence-corrected chi connectivity index (χ2v) is 4.27. The fourth-order valence-corrected chi connectivity index (χ4v) is 2.03. The van der Waals surface area contributed by atoms with E-state index in [0.717, 1.165) is 11.8 Å². The van der Waals surface area contributed by atoms with Gasteiger partial charge in [-0.1, -0.05) is 20.3 Å². The van der Waals surface area contributed by atoms with Crippen LogP contribution in [0.2, 0.25) is 0 Å². The van der Waals surface area contributed by atoms with Crippen LogP contribution in [0.25, 0.3) is 0 Å². The molecule has 0 aliphatic heterocycles. The van der Waals surface area contributed by atoms with Gasteiger partial charge in [0.1, 0.15) is 0 Å². The van der Waals surface area contributed by atoms with Crippen LogP contribution in [-0.4, -0.2) is 11.2 Å². The molecule has 4 unspecified atom stereocenters. The highest BCUT2D eigenvalue weighted by molar-refractivity contribution is 4.77. The van der Waals surface area contributed by atoms with E-state index in [4.69, 9.17) is 0 Å². The molecule has 0 amide bonds. The van der Waals surface area contributed by atoms with Gasteiger partial charge in [-0.25, -0.2) is 0 Å². The summed E-state index contributed by atoms with van der Waals surface area (Å²) in [6.07, 6.45) is 3.66. The van der Waals surface area contributed by atoms with Crippen LogP contribution in [0.15, 0.2) is 0 Å². The van der Waals surface area contributed by atoms with Gasteiger partial charge in [-0.2, -0.15) is 0 Å². The zero-order valence-corrected chi connectivity index (χ0v) is 7.88. The van der Waals surface area contributed by atoms with Gasteiger partial charge in [-0.3, -0.25) is 0 Å². The van der Waals surface area contributed by atoms with Gasteiger partial charge in [-0.05, 0) is 37.5 Å². The summed E-state index contributed by atoms with van der Waals surface area (Å²) in [7, 11) is 0. The first-order valence-electron chi connectivity index (χ1n) is 4.79. The van der Waals surface area contributed by atoms with Crippen LogP contribution in [0.1, 0.15) is 40.0 Å². The molecule has 1 nitrogen and oxygen atoms in total. The van der Waals surface area contributed by atoms with Crippen molar-refractivity contribution in [3.63, 3.8) is 0 Å². The summed E-state index contributed by atoms with van der Waals surface area (Å²) in [5.74, 6) is 2.24. The number of hydrogen-bond acceptors (Lipinski definition) is 1. The van der Waals surface area contributed by atoms with E-state index in [1.54, 1.807) is 0 Å². The predicted octanol–water partition coefficient (Wildman–Crippen LogP) is 2.44. The zero-order valence-electron chi connectivity index (χ0n) is 7.88.